The fourth-order valence-corrected chi connectivity index (χ4v) is 3.25. The van der Waals surface area contributed by atoms with Crippen LogP contribution in [-0.4, -0.2) is 16.4 Å². The molecule has 0 spiro atoms. The predicted molar refractivity (Wildman–Crippen MR) is 90.4 cm³/mol. The molecule has 124 valence electrons. The normalized spacial score (nSPS) is 12.9. The lowest BCUT2D eigenvalue weighted by atomic mass is 10.1. The van der Waals surface area contributed by atoms with E-state index in [0.717, 1.165) is 11.1 Å². The summed E-state index contributed by atoms with van der Waals surface area (Å²) in [5.74, 6) is -0.364. The monoisotopic (exact) mass is 335 g/mol. The van der Waals surface area contributed by atoms with Crippen LogP contribution in [0.3, 0.4) is 0 Å². The van der Waals surface area contributed by atoms with E-state index < -0.39 is 13.4 Å². The molecule has 0 aliphatic carbocycles. The van der Waals surface area contributed by atoms with Crippen LogP contribution in [0.4, 0.5) is 0 Å². The average molecular weight is 335 g/mol. The maximum absolute atomic E-state index is 11.8. The molecule has 0 saturated carbocycles. The fourth-order valence-electron chi connectivity index (χ4n) is 2.36. The Labute approximate surface area is 136 Å². The zero-order valence-corrected chi connectivity index (χ0v) is 14.2. The summed E-state index contributed by atoms with van der Waals surface area (Å²) in [7, 11) is -4.33. The largest absolute Gasteiger partial charge is 0.494 e. The maximum atomic E-state index is 11.8. The highest BCUT2D eigenvalue weighted by molar-refractivity contribution is 7.52. The van der Waals surface area contributed by atoms with Crippen LogP contribution in [0.2, 0.25) is 0 Å². The SMILES string of the molecule is CCOc1ccc([C@@H](NCc2ccccc2C)P(=O)(O)O)cc1. The van der Waals surface area contributed by atoms with Crippen LogP contribution in [-0.2, 0) is 11.1 Å². The van der Waals surface area contributed by atoms with E-state index in [1.165, 1.54) is 0 Å². The standard InChI is InChI=1S/C17H22NO4P/c1-3-22-16-10-8-14(9-11-16)17(23(19,20)21)18-12-15-7-5-4-6-13(15)2/h4-11,17-18H,3,12H2,1-2H3,(H2,19,20,21)/t17-/m0/s1. The summed E-state index contributed by atoms with van der Waals surface area (Å²) < 4.78 is 17.2. The van der Waals surface area contributed by atoms with Crippen molar-refractivity contribution >= 4 is 7.60 Å². The van der Waals surface area contributed by atoms with Crippen molar-refractivity contribution in [3.8, 4) is 5.75 Å². The summed E-state index contributed by atoms with van der Waals surface area (Å²) >= 11 is 0. The van der Waals surface area contributed by atoms with Gasteiger partial charge in [-0.05, 0) is 42.7 Å². The van der Waals surface area contributed by atoms with Gasteiger partial charge in [-0.3, -0.25) is 9.88 Å². The summed E-state index contributed by atoms with van der Waals surface area (Å²) in [6, 6.07) is 14.6. The Bertz CT molecular complexity index is 681. The van der Waals surface area contributed by atoms with E-state index in [0.29, 0.717) is 24.5 Å². The second kappa shape index (κ2) is 7.75. The molecule has 5 nitrogen and oxygen atoms in total. The molecule has 0 fully saturated rings. The number of ether oxygens (including phenoxy) is 1. The highest BCUT2D eigenvalue weighted by atomic mass is 31.2. The van der Waals surface area contributed by atoms with Gasteiger partial charge in [0.1, 0.15) is 11.5 Å². The van der Waals surface area contributed by atoms with Crippen LogP contribution >= 0.6 is 7.60 Å². The highest BCUT2D eigenvalue weighted by Gasteiger charge is 2.30. The summed E-state index contributed by atoms with van der Waals surface area (Å²) in [5.41, 5.74) is 2.63. The smallest absolute Gasteiger partial charge is 0.346 e. The van der Waals surface area contributed by atoms with Gasteiger partial charge in [-0.1, -0.05) is 36.4 Å². The maximum Gasteiger partial charge on any atom is 0.346 e. The highest BCUT2D eigenvalue weighted by Crippen LogP contribution is 2.50. The van der Waals surface area contributed by atoms with Crippen LogP contribution in [0.25, 0.3) is 0 Å². The minimum Gasteiger partial charge on any atom is -0.494 e. The van der Waals surface area contributed by atoms with Crippen LogP contribution in [0.1, 0.15) is 29.4 Å². The van der Waals surface area contributed by atoms with E-state index in [1.54, 1.807) is 24.3 Å². The Hall–Kier alpha value is -1.65. The van der Waals surface area contributed by atoms with Crippen LogP contribution in [0.15, 0.2) is 48.5 Å². The molecule has 0 unspecified atom stereocenters. The lowest BCUT2D eigenvalue weighted by molar-refractivity contribution is 0.338. The molecular weight excluding hydrogens is 313 g/mol. The Kier molecular flexibility index (Phi) is 5.97. The number of rotatable bonds is 7. The van der Waals surface area contributed by atoms with Crippen molar-refractivity contribution in [1.29, 1.82) is 0 Å². The van der Waals surface area contributed by atoms with Gasteiger partial charge in [0, 0.05) is 6.54 Å². The predicted octanol–water partition coefficient (Wildman–Crippen LogP) is 3.36. The molecule has 0 heterocycles. The molecule has 2 aromatic rings. The van der Waals surface area contributed by atoms with E-state index in [9.17, 15) is 14.4 Å². The Morgan fingerprint density at radius 1 is 1.13 bits per heavy atom. The number of hydrogen-bond acceptors (Lipinski definition) is 3. The Morgan fingerprint density at radius 3 is 2.35 bits per heavy atom. The minimum absolute atomic E-state index is 0.385. The van der Waals surface area contributed by atoms with Gasteiger partial charge in [0.2, 0.25) is 0 Å². The molecule has 1 atom stereocenters. The summed E-state index contributed by atoms with van der Waals surface area (Å²) in [4.78, 5) is 19.3. The van der Waals surface area contributed by atoms with Crippen molar-refractivity contribution < 1.29 is 19.1 Å². The third-order valence-corrected chi connectivity index (χ3v) is 4.74. The van der Waals surface area contributed by atoms with E-state index in [1.807, 2.05) is 38.1 Å². The quantitative estimate of drug-likeness (QED) is 0.676. The van der Waals surface area contributed by atoms with E-state index >= 15 is 0 Å². The fraction of sp³-hybridized carbons (Fsp3) is 0.294. The van der Waals surface area contributed by atoms with E-state index in [2.05, 4.69) is 5.32 Å². The molecule has 0 saturated heterocycles. The summed E-state index contributed by atoms with van der Waals surface area (Å²) in [6.45, 7) is 4.79. The molecular formula is C17H22NO4P. The van der Waals surface area contributed by atoms with Gasteiger partial charge in [-0.15, -0.1) is 0 Å². The number of aryl methyl sites for hydroxylation is 1. The number of benzene rings is 2. The molecule has 3 N–H and O–H groups in total. The molecule has 0 amide bonds. The van der Waals surface area contributed by atoms with Crippen molar-refractivity contribution in [1.82, 2.24) is 5.32 Å². The van der Waals surface area contributed by atoms with Gasteiger partial charge < -0.3 is 14.5 Å². The first-order chi connectivity index (χ1) is 10.9. The van der Waals surface area contributed by atoms with Crippen molar-refractivity contribution in [2.24, 2.45) is 0 Å². The molecule has 23 heavy (non-hydrogen) atoms. The average Bonchev–Trinajstić information content (AvgIpc) is 2.50. The zero-order chi connectivity index (χ0) is 16.9. The van der Waals surface area contributed by atoms with Gasteiger partial charge in [0.15, 0.2) is 0 Å². The molecule has 0 aromatic heterocycles. The second-order valence-electron chi connectivity index (χ2n) is 5.30. The van der Waals surface area contributed by atoms with Gasteiger partial charge in [-0.2, -0.15) is 0 Å². The number of nitrogens with one attached hydrogen (secondary N) is 1. The molecule has 0 aliphatic heterocycles. The van der Waals surface area contributed by atoms with Gasteiger partial charge in [0.25, 0.3) is 0 Å². The summed E-state index contributed by atoms with van der Waals surface area (Å²) in [5, 5.41) is 2.98. The molecule has 0 bridgehead atoms. The molecule has 2 aromatic carbocycles. The van der Waals surface area contributed by atoms with Gasteiger partial charge in [-0.25, -0.2) is 0 Å². The Balaban J connectivity index is 2.17. The van der Waals surface area contributed by atoms with E-state index in [4.69, 9.17) is 4.74 Å². The number of hydrogen-bond donors (Lipinski definition) is 3. The third kappa shape index (κ3) is 4.91. The summed E-state index contributed by atoms with van der Waals surface area (Å²) in [6.07, 6.45) is 0. The second-order valence-corrected chi connectivity index (χ2v) is 7.00. The van der Waals surface area contributed by atoms with Gasteiger partial charge >= 0.3 is 7.60 Å². The molecule has 2 rings (SSSR count). The van der Waals surface area contributed by atoms with Gasteiger partial charge in [0.05, 0.1) is 6.61 Å². The van der Waals surface area contributed by atoms with Crippen molar-refractivity contribution in [2.45, 2.75) is 26.2 Å². The topological polar surface area (TPSA) is 78.8 Å². The van der Waals surface area contributed by atoms with Crippen LogP contribution in [0, 0.1) is 6.92 Å². The lowest BCUT2D eigenvalue weighted by Gasteiger charge is -2.21. The first kappa shape index (κ1) is 17.7. The van der Waals surface area contributed by atoms with Crippen molar-refractivity contribution in [3.05, 3.63) is 65.2 Å². The van der Waals surface area contributed by atoms with Crippen molar-refractivity contribution in [2.75, 3.05) is 6.61 Å². The Morgan fingerprint density at radius 2 is 1.78 bits per heavy atom. The first-order valence-electron chi connectivity index (χ1n) is 7.47. The zero-order valence-electron chi connectivity index (χ0n) is 13.3. The van der Waals surface area contributed by atoms with E-state index in [-0.39, 0.29) is 0 Å². The third-order valence-electron chi connectivity index (χ3n) is 3.59. The van der Waals surface area contributed by atoms with Crippen LogP contribution in [0.5, 0.6) is 5.75 Å². The van der Waals surface area contributed by atoms with Crippen LogP contribution < -0.4 is 10.1 Å². The first-order valence-corrected chi connectivity index (χ1v) is 9.16. The lowest BCUT2D eigenvalue weighted by Crippen LogP contribution is -2.21. The minimum atomic E-state index is -4.33. The molecule has 0 aliphatic rings. The van der Waals surface area contributed by atoms with Crippen molar-refractivity contribution in [3.63, 3.8) is 0 Å². The molecule has 0 radical (unpaired) electrons. The molecule has 6 heteroatoms.